The van der Waals surface area contributed by atoms with E-state index in [4.69, 9.17) is 0 Å². The second-order valence-electron chi connectivity index (χ2n) is 1.78. The van der Waals surface area contributed by atoms with Crippen molar-refractivity contribution in [3.63, 3.8) is 0 Å². The zero-order valence-corrected chi connectivity index (χ0v) is 8.17. The van der Waals surface area contributed by atoms with Crippen LogP contribution in [-0.4, -0.2) is 28.8 Å². The van der Waals surface area contributed by atoms with E-state index >= 15 is 0 Å². The molecule has 0 atom stereocenters. The predicted octanol–water partition coefficient (Wildman–Crippen LogP) is 0.0252. The average molecular weight is 225 g/mol. The molecule has 44 valence electrons. The van der Waals surface area contributed by atoms with Gasteiger partial charge in [-0.2, -0.15) is 0 Å². The fraction of sp³-hybridized carbons (Fsp3) is 0. The monoisotopic (exact) mass is 226 g/mol. The Kier molecular flexibility index (Phi) is 2.28. The molecule has 1 nitrogen and oxygen atoms in total. The third-order valence-corrected chi connectivity index (χ3v) is 2.17. The summed E-state index contributed by atoms with van der Waals surface area (Å²) in [6, 6.07) is 7.64. The molecule has 9 heavy (non-hydrogen) atoms. The van der Waals surface area contributed by atoms with E-state index in [0.29, 0.717) is 0 Å². The molecule has 0 heterocycles. The molecule has 0 amide bonds. The molecule has 0 N–H and O–H groups in total. The number of carbonyl (C=O) groups is 1. The molecular weight excluding hydrogens is 219 g/mol. The minimum absolute atomic E-state index is 0.757. The van der Waals surface area contributed by atoms with Gasteiger partial charge in [0.15, 0.2) is 0 Å². The first-order chi connectivity index (χ1) is 4.33. The Morgan fingerprint density at radius 1 is 1.22 bits per heavy atom. The van der Waals surface area contributed by atoms with Crippen LogP contribution in [0.5, 0.6) is 0 Å². The Morgan fingerprint density at radius 3 is 2.22 bits per heavy atom. The van der Waals surface area contributed by atoms with Gasteiger partial charge >= 0.3 is 67.0 Å². The SMILES string of the molecule is O=Cc1cc[c]([SnH])cc1. The molecule has 0 aliphatic heterocycles. The van der Waals surface area contributed by atoms with Crippen LogP contribution in [0.2, 0.25) is 0 Å². The molecule has 0 aliphatic carbocycles. The second-order valence-corrected chi connectivity index (χ2v) is 3.69. The molecule has 0 bridgehead atoms. The van der Waals surface area contributed by atoms with E-state index in [1.165, 1.54) is 3.58 Å². The number of aldehydes is 1. The molecular formula is C7H6OSn. The van der Waals surface area contributed by atoms with Gasteiger partial charge in [-0.05, 0) is 0 Å². The van der Waals surface area contributed by atoms with E-state index in [1.54, 1.807) is 0 Å². The standard InChI is InChI=1S/C7H5O.Sn.H/c8-6-7-4-2-1-3-5-7;;/h2-6H;;. The summed E-state index contributed by atoms with van der Waals surface area (Å²) in [4.78, 5) is 10.1. The van der Waals surface area contributed by atoms with E-state index in [1.807, 2.05) is 24.3 Å². The van der Waals surface area contributed by atoms with E-state index < -0.39 is 0 Å². The first-order valence-electron chi connectivity index (χ1n) is 2.63. The van der Waals surface area contributed by atoms with Crippen LogP contribution in [0.15, 0.2) is 24.3 Å². The van der Waals surface area contributed by atoms with Gasteiger partial charge in [0.2, 0.25) is 0 Å². The zero-order valence-electron chi connectivity index (χ0n) is 4.87. The van der Waals surface area contributed by atoms with Crippen molar-refractivity contribution in [2.24, 2.45) is 0 Å². The molecule has 1 aromatic carbocycles. The van der Waals surface area contributed by atoms with E-state index in [0.717, 1.165) is 34.4 Å². The van der Waals surface area contributed by atoms with Gasteiger partial charge in [0, 0.05) is 0 Å². The third-order valence-electron chi connectivity index (χ3n) is 1.07. The van der Waals surface area contributed by atoms with Crippen molar-refractivity contribution in [3.05, 3.63) is 29.8 Å². The average Bonchev–Trinajstić information content (AvgIpc) is 1.90. The van der Waals surface area contributed by atoms with Crippen LogP contribution in [0.1, 0.15) is 10.4 Å². The van der Waals surface area contributed by atoms with Gasteiger partial charge in [0.25, 0.3) is 0 Å². The van der Waals surface area contributed by atoms with Crippen LogP contribution in [0.4, 0.5) is 0 Å². The number of hydrogen-bond acceptors (Lipinski definition) is 1. The zero-order chi connectivity index (χ0) is 6.69. The third kappa shape index (κ3) is 1.82. The number of rotatable bonds is 1. The van der Waals surface area contributed by atoms with Gasteiger partial charge in [-0.1, -0.05) is 0 Å². The molecule has 0 fully saturated rings. The molecule has 0 spiro atoms. The van der Waals surface area contributed by atoms with Crippen molar-refractivity contribution >= 4 is 32.4 Å². The van der Waals surface area contributed by atoms with Crippen LogP contribution in [0.3, 0.4) is 0 Å². The normalized spacial score (nSPS) is 9.00. The quantitative estimate of drug-likeness (QED) is 0.486. The fourth-order valence-corrected chi connectivity index (χ4v) is 1.12. The van der Waals surface area contributed by atoms with Crippen LogP contribution in [0.25, 0.3) is 0 Å². The summed E-state index contributed by atoms with van der Waals surface area (Å²) < 4.78 is 1.31. The van der Waals surface area contributed by atoms with E-state index in [-0.39, 0.29) is 0 Å². The fourth-order valence-electron chi connectivity index (χ4n) is 0.575. The maximum absolute atomic E-state index is 10.1. The Labute approximate surface area is 67.2 Å². The van der Waals surface area contributed by atoms with Crippen LogP contribution in [-0.2, 0) is 0 Å². The van der Waals surface area contributed by atoms with Crippen LogP contribution < -0.4 is 3.58 Å². The van der Waals surface area contributed by atoms with Crippen molar-refractivity contribution in [2.75, 3.05) is 0 Å². The van der Waals surface area contributed by atoms with Gasteiger partial charge < -0.3 is 0 Å². The van der Waals surface area contributed by atoms with Gasteiger partial charge in [0.05, 0.1) is 0 Å². The summed E-state index contributed by atoms with van der Waals surface area (Å²) in [6.07, 6.45) is 0.861. The minimum atomic E-state index is 0.757. The molecule has 0 aromatic heterocycles. The molecule has 1 aromatic rings. The molecule has 0 saturated carbocycles. The van der Waals surface area contributed by atoms with Gasteiger partial charge in [-0.25, -0.2) is 0 Å². The van der Waals surface area contributed by atoms with Gasteiger partial charge in [0.1, 0.15) is 0 Å². The maximum atomic E-state index is 10.1. The number of hydrogen-bond donors (Lipinski definition) is 0. The second kappa shape index (κ2) is 3.01. The van der Waals surface area contributed by atoms with Gasteiger partial charge in [-0.15, -0.1) is 0 Å². The first-order valence-corrected chi connectivity index (χ1v) is 4.28. The molecule has 0 saturated heterocycles. The summed E-state index contributed by atoms with van der Waals surface area (Å²) >= 11 is 1.12. The first kappa shape index (κ1) is 6.80. The van der Waals surface area contributed by atoms with E-state index in [2.05, 4.69) is 0 Å². The Morgan fingerprint density at radius 2 is 1.78 bits per heavy atom. The number of carbonyl (C=O) groups excluding carboxylic acids is 1. The Hall–Kier alpha value is -0.311. The molecule has 1 rings (SSSR count). The molecule has 0 aliphatic rings. The summed E-state index contributed by atoms with van der Waals surface area (Å²) in [7, 11) is 0. The van der Waals surface area contributed by atoms with Crippen LogP contribution >= 0.6 is 0 Å². The van der Waals surface area contributed by atoms with E-state index in [9.17, 15) is 4.79 Å². The molecule has 0 unspecified atom stereocenters. The summed E-state index contributed by atoms with van der Waals surface area (Å²) in [5.74, 6) is 0. The van der Waals surface area contributed by atoms with Crippen molar-refractivity contribution < 1.29 is 4.79 Å². The predicted molar refractivity (Wildman–Crippen MR) is 38.6 cm³/mol. The summed E-state index contributed by atoms with van der Waals surface area (Å²) in [5, 5.41) is 0. The summed E-state index contributed by atoms with van der Waals surface area (Å²) in [6.45, 7) is 0. The number of benzene rings is 1. The topological polar surface area (TPSA) is 17.1 Å². The van der Waals surface area contributed by atoms with Crippen LogP contribution in [0, 0.1) is 0 Å². The van der Waals surface area contributed by atoms with Crippen molar-refractivity contribution in [2.45, 2.75) is 0 Å². The molecule has 2 heteroatoms. The van der Waals surface area contributed by atoms with Gasteiger partial charge in [-0.3, -0.25) is 0 Å². The Balaban J connectivity index is 3.01. The summed E-state index contributed by atoms with van der Waals surface area (Å²) in [5.41, 5.74) is 0.757. The van der Waals surface area contributed by atoms with Crippen molar-refractivity contribution in [3.8, 4) is 0 Å². The Bertz CT molecular complexity index is 203. The van der Waals surface area contributed by atoms with Crippen molar-refractivity contribution in [1.29, 1.82) is 0 Å². The molecule has 2 radical (unpaired) electrons. The van der Waals surface area contributed by atoms with Crippen molar-refractivity contribution in [1.82, 2.24) is 0 Å².